The van der Waals surface area contributed by atoms with Gasteiger partial charge in [0.15, 0.2) is 0 Å². The lowest BCUT2D eigenvalue weighted by Gasteiger charge is -2.29. The molecule has 0 spiro atoms. The Morgan fingerprint density at radius 3 is 2.26 bits per heavy atom. The highest BCUT2D eigenvalue weighted by atomic mass is 32.2. The number of hydrogen-bond donors (Lipinski definition) is 3. The highest BCUT2D eigenvalue weighted by molar-refractivity contribution is 7.89. The topological polar surface area (TPSA) is 145 Å². The molecule has 5 amide bonds. The Morgan fingerprint density at radius 1 is 1.00 bits per heavy atom. The molecular weight excluding hydrogens is 530 g/mol. The summed E-state index contributed by atoms with van der Waals surface area (Å²) >= 11 is 1.17. The Bertz CT molecular complexity index is 1360. The molecule has 0 atom stereocenters. The van der Waals surface area contributed by atoms with Gasteiger partial charge < -0.3 is 15.5 Å². The van der Waals surface area contributed by atoms with E-state index in [2.05, 4.69) is 22.9 Å². The van der Waals surface area contributed by atoms with Crippen LogP contribution >= 0.6 is 11.3 Å². The highest BCUT2D eigenvalue weighted by Gasteiger charge is 2.31. The number of nitrogens with one attached hydrogen (secondary N) is 3. The van der Waals surface area contributed by atoms with Crippen LogP contribution in [0, 0.1) is 5.92 Å². The molecule has 0 radical (unpaired) electrons. The summed E-state index contributed by atoms with van der Waals surface area (Å²) in [6.07, 6.45) is 2.02. The minimum absolute atomic E-state index is 0.0971. The third-order valence-corrected chi connectivity index (χ3v) is 9.95. The van der Waals surface area contributed by atoms with Crippen LogP contribution in [0.4, 0.5) is 9.80 Å². The van der Waals surface area contributed by atoms with Gasteiger partial charge in [0.25, 0.3) is 11.8 Å². The highest BCUT2D eigenvalue weighted by Crippen LogP contribution is 2.37. The van der Waals surface area contributed by atoms with Crippen molar-refractivity contribution in [2.75, 3.05) is 32.0 Å². The summed E-state index contributed by atoms with van der Waals surface area (Å²) in [4.78, 5) is 52.3. The van der Waals surface area contributed by atoms with Crippen molar-refractivity contribution in [1.29, 1.82) is 0 Å². The van der Waals surface area contributed by atoms with Crippen molar-refractivity contribution in [3.63, 3.8) is 0 Å². The maximum atomic E-state index is 13.1. The standard InChI is InChI=1S/C25H31N5O6S2/c1-15-8-12-30(13-9-15)38(35,36)18-6-4-17(5-7-18)22(32)27-24-21(23(33)28-25(34)26-3)19-10-11-29(16(2)31)14-20(19)37-24/h4-7,15H,8-14H2,1-3H3,(H,27,32)(H2,26,28,33,34). The van der Waals surface area contributed by atoms with Crippen LogP contribution in [0.2, 0.25) is 0 Å². The first-order chi connectivity index (χ1) is 18.0. The maximum absolute atomic E-state index is 13.1. The minimum atomic E-state index is -3.65. The molecule has 0 aliphatic carbocycles. The molecule has 3 heterocycles. The third-order valence-electron chi connectivity index (χ3n) is 6.91. The monoisotopic (exact) mass is 561 g/mol. The van der Waals surface area contributed by atoms with Crippen molar-refractivity contribution in [3.05, 3.63) is 45.8 Å². The van der Waals surface area contributed by atoms with Crippen molar-refractivity contribution < 1.29 is 27.6 Å². The van der Waals surface area contributed by atoms with Gasteiger partial charge in [0.05, 0.1) is 17.0 Å². The van der Waals surface area contributed by atoms with E-state index in [1.54, 1.807) is 4.90 Å². The number of hydrogen-bond acceptors (Lipinski definition) is 7. The summed E-state index contributed by atoms with van der Waals surface area (Å²) in [6.45, 7) is 5.23. The average molecular weight is 562 g/mol. The SMILES string of the molecule is CNC(=O)NC(=O)c1c(NC(=O)c2ccc(S(=O)(=O)N3CCC(C)CC3)cc2)sc2c1CCN(C(C)=O)C2. The van der Waals surface area contributed by atoms with Gasteiger partial charge in [0.1, 0.15) is 5.00 Å². The number of fused-ring (bicyclic) bond motifs is 1. The summed E-state index contributed by atoms with van der Waals surface area (Å²) in [6, 6.07) is 5.00. The van der Waals surface area contributed by atoms with E-state index in [1.807, 2.05) is 0 Å². The smallest absolute Gasteiger partial charge is 0.321 e. The van der Waals surface area contributed by atoms with E-state index in [4.69, 9.17) is 0 Å². The van der Waals surface area contributed by atoms with E-state index >= 15 is 0 Å². The number of amides is 5. The van der Waals surface area contributed by atoms with Gasteiger partial charge in [-0.15, -0.1) is 11.3 Å². The van der Waals surface area contributed by atoms with Crippen molar-refractivity contribution in [2.24, 2.45) is 5.92 Å². The number of piperidine rings is 1. The number of thiophene rings is 1. The summed E-state index contributed by atoms with van der Waals surface area (Å²) in [5.74, 6) is -0.799. The van der Waals surface area contributed by atoms with Crippen LogP contribution in [-0.4, -0.2) is 68.1 Å². The molecule has 2 aliphatic rings. The molecule has 4 rings (SSSR count). The first-order valence-electron chi connectivity index (χ1n) is 12.4. The Labute approximate surface area is 225 Å². The second kappa shape index (κ2) is 11.2. The molecule has 38 heavy (non-hydrogen) atoms. The molecule has 1 fully saturated rings. The van der Waals surface area contributed by atoms with Crippen molar-refractivity contribution in [2.45, 2.75) is 44.6 Å². The fourth-order valence-corrected chi connectivity index (χ4v) is 7.28. The molecule has 0 bridgehead atoms. The van der Waals surface area contributed by atoms with Crippen LogP contribution in [0.1, 0.15) is 57.8 Å². The van der Waals surface area contributed by atoms with Gasteiger partial charge in [-0.2, -0.15) is 4.31 Å². The molecule has 204 valence electrons. The van der Waals surface area contributed by atoms with Gasteiger partial charge >= 0.3 is 6.03 Å². The van der Waals surface area contributed by atoms with E-state index in [1.165, 1.54) is 53.9 Å². The average Bonchev–Trinajstić information content (AvgIpc) is 3.25. The molecule has 1 aromatic carbocycles. The largest absolute Gasteiger partial charge is 0.341 e. The van der Waals surface area contributed by atoms with Crippen LogP contribution in [0.5, 0.6) is 0 Å². The van der Waals surface area contributed by atoms with E-state index < -0.39 is 27.9 Å². The predicted molar refractivity (Wildman–Crippen MR) is 143 cm³/mol. The predicted octanol–water partition coefficient (Wildman–Crippen LogP) is 2.39. The zero-order valence-corrected chi connectivity index (χ0v) is 23.1. The van der Waals surface area contributed by atoms with Crippen molar-refractivity contribution in [1.82, 2.24) is 19.8 Å². The van der Waals surface area contributed by atoms with Gasteiger partial charge in [-0.1, -0.05) is 6.92 Å². The molecule has 1 aromatic heterocycles. The molecular formula is C25H31N5O6S2. The summed E-state index contributed by atoms with van der Waals surface area (Å²) in [5, 5.41) is 7.58. The zero-order chi connectivity index (χ0) is 27.6. The number of carbonyl (C=O) groups excluding carboxylic acids is 4. The summed E-state index contributed by atoms with van der Waals surface area (Å²) in [5.41, 5.74) is 1.08. The van der Waals surface area contributed by atoms with Crippen LogP contribution in [0.25, 0.3) is 0 Å². The fourth-order valence-electron chi connectivity index (χ4n) is 4.56. The lowest BCUT2D eigenvalue weighted by atomic mass is 10.0. The number of urea groups is 1. The quantitative estimate of drug-likeness (QED) is 0.511. The van der Waals surface area contributed by atoms with E-state index in [9.17, 15) is 27.6 Å². The molecule has 3 N–H and O–H groups in total. The second-order valence-electron chi connectivity index (χ2n) is 9.50. The van der Waals surface area contributed by atoms with E-state index in [0.29, 0.717) is 44.1 Å². The Morgan fingerprint density at radius 2 is 1.66 bits per heavy atom. The fraction of sp³-hybridized carbons (Fsp3) is 0.440. The van der Waals surface area contributed by atoms with Crippen LogP contribution < -0.4 is 16.0 Å². The van der Waals surface area contributed by atoms with Gasteiger partial charge in [0, 0.05) is 44.0 Å². The second-order valence-corrected chi connectivity index (χ2v) is 12.5. The molecule has 1 saturated heterocycles. The number of rotatable bonds is 5. The van der Waals surface area contributed by atoms with Crippen LogP contribution in [0.15, 0.2) is 29.2 Å². The minimum Gasteiger partial charge on any atom is -0.341 e. The van der Waals surface area contributed by atoms with Gasteiger partial charge in [-0.05, 0) is 55.0 Å². The lowest BCUT2D eigenvalue weighted by molar-refractivity contribution is -0.129. The number of sulfonamides is 1. The van der Waals surface area contributed by atoms with Gasteiger partial charge in [-0.3, -0.25) is 19.7 Å². The van der Waals surface area contributed by atoms with E-state index in [-0.39, 0.29) is 26.9 Å². The van der Waals surface area contributed by atoms with Crippen molar-refractivity contribution in [3.8, 4) is 0 Å². The van der Waals surface area contributed by atoms with Gasteiger partial charge in [-0.25, -0.2) is 13.2 Å². The van der Waals surface area contributed by atoms with E-state index in [0.717, 1.165) is 17.7 Å². The lowest BCUT2D eigenvalue weighted by Crippen LogP contribution is -2.39. The Kier molecular flexibility index (Phi) is 8.19. The zero-order valence-electron chi connectivity index (χ0n) is 21.5. The molecule has 2 aromatic rings. The molecule has 11 nitrogen and oxygen atoms in total. The summed E-state index contributed by atoms with van der Waals surface area (Å²) in [7, 11) is -2.27. The normalized spacial score (nSPS) is 16.4. The number of benzene rings is 1. The molecule has 13 heteroatoms. The maximum Gasteiger partial charge on any atom is 0.321 e. The number of anilines is 1. The molecule has 2 aliphatic heterocycles. The number of imide groups is 1. The molecule has 0 unspecified atom stereocenters. The first kappa shape index (κ1) is 27.7. The number of carbonyl (C=O) groups is 4. The van der Waals surface area contributed by atoms with Crippen molar-refractivity contribution >= 4 is 50.1 Å². The molecule has 0 saturated carbocycles. The Balaban J connectivity index is 1.57. The van der Waals surface area contributed by atoms with Crippen LogP contribution in [0.3, 0.4) is 0 Å². The summed E-state index contributed by atoms with van der Waals surface area (Å²) < 4.78 is 27.5. The first-order valence-corrected chi connectivity index (χ1v) is 14.6. The van der Waals surface area contributed by atoms with Gasteiger partial charge in [0.2, 0.25) is 15.9 Å². The third kappa shape index (κ3) is 5.74. The Hall–Kier alpha value is -3.29. The number of nitrogens with zero attached hydrogens (tertiary/aromatic N) is 2. The van der Waals surface area contributed by atoms with Crippen LogP contribution in [-0.2, 0) is 27.8 Å².